The van der Waals surface area contributed by atoms with E-state index in [1.807, 2.05) is 0 Å². The van der Waals surface area contributed by atoms with Gasteiger partial charge in [-0.1, -0.05) is 12.1 Å². The second-order valence-electron chi connectivity index (χ2n) is 4.87. The van der Waals surface area contributed by atoms with Crippen LogP contribution in [0, 0.1) is 17.5 Å². The number of amides is 1. The van der Waals surface area contributed by atoms with Gasteiger partial charge in [0.05, 0.1) is 17.8 Å². The molecule has 24 heavy (non-hydrogen) atoms. The Bertz CT molecular complexity index is 866. The molecule has 2 aromatic carbocycles. The summed E-state index contributed by atoms with van der Waals surface area (Å²) in [5, 5.41) is 13.0. The zero-order chi connectivity index (χ0) is 17.1. The van der Waals surface area contributed by atoms with Crippen molar-refractivity contribution >= 4 is 11.6 Å². The minimum absolute atomic E-state index is 0.0612. The van der Waals surface area contributed by atoms with Gasteiger partial charge in [-0.15, -0.1) is 5.10 Å². The molecule has 0 spiro atoms. The Hall–Kier alpha value is -3.23. The van der Waals surface area contributed by atoms with Crippen LogP contribution in [0.1, 0.15) is 5.56 Å². The van der Waals surface area contributed by atoms with Crippen LogP contribution < -0.4 is 5.32 Å². The van der Waals surface area contributed by atoms with Crippen molar-refractivity contribution in [2.75, 3.05) is 5.32 Å². The minimum atomic E-state index is -1.63. The summed E-state index contributed by atoms with van der Waals surface area (Å²) < 4.78 is 40.9. The zero-order valence-electron chi connectivity index (χ0n) is 12.1. The lowest BCUT2D eigenvalue weighted by Gasteiger charge is -2.08. The maximum atomic E-state index is 13.5. The average molecular weight is 333 g/mol. The van der Waals surface area contributed by atoms with E-state index in [0.717, 1.165) is 12.1 Å². The number of nitrogens with zero attached hydrogens (tertiary/aromatic N) is 4. The van der Waals surface area contributed by atoms with E-state index in [-0.39, 0.29) is 6.42 Å². The first-order chi connectivity index (χ1) is 11.5. The van der Waals surface area contributed by atoms with Crippen LogP contribution in [-0.2, 0) is 11.2 Å². The Labute approximate surface area is 133 Å². The minimum Gasteiger partial charge on any atom is -0.323 e. The quantitative estimate of drug-likeness (QED) is 0.744. The lowest BCUT2D eigenvalue weighted by Crippen LogP contribution is -2.16. The summed E-state index contributed by atoms with van der Waals surface area (Å²) in [6.45, 7) is 0. The van der Waals surface area contributed by atoms with Crippen LogP contribution in [0.3, 0.4) is 0 Å². The Morgan fingerprint density at radius 1 is 1.04 bits per heavy atom. The molecule has 0 unspecified atom stereocenters. The number of nitrogens with one attached hydrogen (secondary N) is 1. The highest BCUT2D eigenvalue weighted by molar-refractivity contribution is 5.92. The van der Waals surface area contributed by atoms with E-state index in [4.69, 9.17) is 0 Å². The zero-order valence-corrected chi connectivity index (χ0v) is 12.1. The van der Waals surface area contributed by atoms with Gasteiger partial charge >= 0.3 is 0 Å². The number of tetrazole rings is 1. The van der Waals surface area contributed by atoms with Gasteiger partial charge in [-0.25, -0.2) is 17.9 Å². The summed E-state index contributed by atoms with van der Waals surface area (Å²) in [6, 6.07) is 8.48. The van der Waals surface area contributed by atoms with Crippen LogP contribution >= 0.6 is 0 Å². The number of rotatable bonds is 4. The molecule has 0 radical (unpaired) electrons. The molecule has 1 N–H and O–H groups in total. The fraction of sp³-hybridized carbons (Fsp3) is 0.0667. The Morgan fingerprint density at radius 2 is 1.79 bits per heavy atom. The van der Waals surface area contributed by atoms with Crippen molar-refractivity contribution in [3.05, 3.63) is 65.7 Å². The summed E-state index contributed by atoms with van der Waals surface area (Å²) in [7, 11) is 0. The lowest BCUT2D eigenvalue weighted by molar-refractivity contribution is -0.115. The van der Waals surface area contributed by atoms with Crippen molar-refractivity contribution in [2.45, 2.75) is 6.42 Å². The SMILES string of the molecule is O=C(Cc1ccc(-n2cnnn2)cc1)Nc1ccc(F)c(F)c1F. The van der Waals surface area contributed by atoms with E-state index in [9.17, 15) is 18.0 Å². The van der Waals surface area contributed by atoms with Crippen LogP contribution in [0.5, 0.6) is 0 Å². The number of halogens is 3. The monoisotopic (exact) mass is 333 g/mol. The van der Waals surface area contributed by atoms with Gasteiger partial charge in [0, 0.05) is 0 Å². The summed E-state index contributed by atoms with van der Waals surface area (Å²) in [4.78, 5) is 11.9. The van der Waals surface area contributed by atoms with Gasteiger partial charge in [-0.2, -0.15) is 0 Å². The summed E-state index contributed by atoms with van der Waals surface area (Å²) in [5.41, 5.74) is 0.937. The topological polar surface area (TPSA) is 72.7 Å². The predicted octanol–water partition coefficient (Wildman–Crippen LogP) is 2.26. The third kappa shape index (κ3) is 3.24. The average Bonchev–Trinajstić information content (AvgIpc) is 3.11. The number of hydrogen-bond donors (Lipinski definition) is 1. The molecule has 9 heteroatoms. The van der Waals surface area contributed by atoms with Crippen LogP contribution in [-0.4, -0.2) is 26.1 Å². The van der Waals surface area contributed by atoms with Crippen molar-refractivity contribution in [3.63, 3.8) is 0 Å². The highest BCUT2D eigenvalue weighted by atomic mass is 19.2. The highest BCUT2D eigenvalue weighted by Crippen LogP contribution is 2.20. The number of hydrogen-bond acceptors (Lipinski definition) is 4. The van der Waals surface area contributed by atoms with Crippen LogP contribution in [0.25, 0.3) is 5.69 Å². The molecule has 0 fully saturated rings. The van der Waals surface area contributed by atoms with Crippen LogP contribution in [0.15, 0.2) is 42.7 Å². The molecule has 0 aliphatic carbocycles. The van der Waals surface area contributed by atoms with Crippen LogP contribution in [0.4, 0.5) is 18.9 Å². The number of benzene rings is 2. The molecule has 6 nitrogen and oxygen atoms in total. The first kappa shape index (κ1) is 15.7. The number of anilines is 1. The molecule has 0 bridgehead atoms. The first-order valence-electron chi connectivity index (χ1n) is 6.80. The standard InChI is InChI=1S/C15H10F3N5O/c16-11-5-6-12(15(18)14(11)17)20-13(24)7-9-1-3-10(4-2-9)23-8-19-21-22-23/h1-6,8H,7H2,(H,20,24). The van der Waals surface area contributed by atoms with Crippen molar-refractivity contribution in [2.24, 2.45) is 0 Å². The molecule has 0 saturated heterocycles. The highest BCUT2D eigenvalue weighted by Gasteiger charge is 2.15. The Morgan fingerprint density at radius 3 is 2.46 bits per heavy atom. The van der Waals surface area contributed by atoms with Crippen molar-refractivity contribution < 1.29 is 18.0 Å². The Kier molecular flexibility index (Phi) is 4.23. The third-order valence-corrected chi connectivity index (χ3v) is 3.22. The molecular formula is C15H10F3N5O. The molecule has 0 aliphatic rings. The maximum absolute atomic E-state index is 13.5. The van der Waals surface area contributed by atoms with Crippen molar-refractivity contribution in [3.8, 4) is 5.69 Å². The summed E-state index contributed by atoms with van der Waals surface area (Å²) in [5.74, 6) is -4.94. The van der Waals surface area contributed by atoms with Crippen molar-refractivity contribution in [1.82, 2.24) is 20.2 Å². The fourth-order valence-corrected chi connectivity index (χ4v) is 2.05. The van der Waals surface area contributed by atoms with Gasteiger partial charge in [-0.3, -0.25) is 4.79 Å². The van der Waals surface area contributed by atoms with E-state index in [2.05, 4.69) is 20.8 Å². The molecule has 1 amide bonds. The van der Waals surface area contributed by atoms with E-state index in [0.29, 0.717) is 11.3 Å². The van der Waals surface area contributed by atoms with E-state index in [1.54, 1.807) is 24.3 Å². The summed E-state index contributed by atoms with van der Waals surface area (Å²) in [6.07, 6.45) is 1.36. The molecule has 122 valence electrons. The van der Waals surface area contributed by atoms with Gasteiger partial charge < -0.3 is 5.32 Å². The molecule has 0 aliphatic heterocycles. The van der Waals surface area contributed by atoms with E-state index >= 15 is 0 Å². The molecule has 3 rings (SSSR count). The molecule has 1 aromatic heterocycles. The lowest BCUT2D eigenvalue weighted by atomic mass is 10.1. The van der Waals surface area contributed by atoms with E-state index in [1.165, 1.54) is 11.0 Å². The molecule has 0 atom stereocenters. The Balaban J connectivity index is 1.68. The van der Waals surface area contributed by atoms with Gasteiger partial charge in [0.15, 0.2) is 17.5 Å². The van der Waals surface area contributed by atoms with Gasteiger partial charge in [0.25, 0.3) is 0 Å². The number of carbonyl (C=O) groups is 1. The van der Waals surface area contributed by atoms with Crippen molar-refractivity contribution in [1.29, 1.82) is 0 Å². The second-order valence-corrected chi connectivity index (χ2v) is 4.87. The van der Waals surface area contributed by atoms with Gasteiger partial charge in [-0.05, 0) is 40.3 Å². The van der Waals surface area contributed by atoms with Gasteiger partial charge in [0.2, 0.25) is 5.91 Å². The molecule has 1 heterocycles. The molecular weight excluding hydrogens is 323 g/mol. The second kappa shape index (κ2) is 6.49. The normalized spacial score (nSPS) is 10.6. The summed E-state index contributed by atoms with van der Waals surface area (Å²) >= 11 is 0. The van der Waals surface area contributed by atoms with Gasteiger partial charge in [0.1, 0.15) is 6.33 Å². The molecule has 3 aromatic rings. The van der Waals surface area contributed by atoms with E-state index < -0.39 is 29.0 Å². The fourth-order valence-electron chi connectivity index (χ4n) is 2.05. The third-order valence-electron chi connectivity index (χ3n) is 3.22. The first-order valence-corrected chi connectivity index (χ1v) is 6.80. The smallest absolute Gasteiger partial charge is 0.228 e. The largest absolute Gasteiger partial charge is 0.323 e. The van der Waals surface area contributed by atoms with Crippen LogP contribution in [0.2, 0.25) is 0 Å². The predicted molar refractivity (Wildman–Crippen MR) is 77.8 cm³/mol. The number of aromatic nitrogens is 4. The maximum Gasteiger partial charge on any atom is 0.228 e. The number of carbonyl (C=O) groups excluding carboxylic acids is 1. The molecule has 0 saturated carbocycles.